The SMILES string of the molecule is CC(C)(C)OC(=O)N(Cc1ccccc1)Cc1ccn[nH]1.C[C@H]1Cn2ncc(I)c2CN1C(=O)OC(C)(C)C.C[C@H]1Cn2ncc(N3Cc4ccnn4CC3=O)c2CN1C(=O)OC(C)(C)C.O=C(CCl)N(CC1=CC=NC1)Cc1ccccc1.O=C(Cl)CCl.O=C(Nc1cc(F)c(F)c(F)c1)Oc1ccccc1.O=C1Cn2nccc2CN1.O=C1Cn2nccc2CN1Cc1ccccc1.O=CC1=NCC=C1. The number of carbonyl (C=O) groups excluding carboxylic acids is 10. The molecule has 36 nitrogen and oxygen atoms in total. The largest absolute Gasteiger partial charge is 0.444 e. The molecule has 0 fully saturated rings. The molecule has 11 aromatic rings. The minimum absolute atomic E-state index is 0.0149. The Labute approximate surface area is 848 Å². The van der Waals surface area contributed by atoms with Crippen molar-refractivity contribution in [3.05, 3.63) is 291 Å². The average molecular weight is 2130 g/mol. The first-order chi connectivity index (χ1) is 67.7. The molecule has 2 atom stereocenters. The van der Waals surface area contributed by atoms with Crippen molar-refractivity contribution in [1.29, 1.82) is 0 Å². The van der Waals surface area contributed by atoms with Crippen LogP contribution in [0.5, 0.6) is 5.75 Å². The zero-order chi connectivity index (χ0) is 103. The van der Waals surface area contributed by atoms with Gasteiger partial charge in [-0.25, -0.2) is 32.3 Å². The summed E-state index contributed by atoms with van der Waals surface area (Å²) in [5.41, 5.74) is 9.95. The lowest BCUT2D eigenvalue weighted by atomic mass is 10.1. The Bertz CT molecular complexity index is 6180. The smallest absolute Gasteiger partial charge is 0.417 e. The molecule has 18 rings (SSSR count). The van der Waals surface area contributed by atoms with E-state index in [0.29, 0.717) is 116 Å². The molecule has 6 aromatic heterocycles. The Morgan fingerprint density at radius 1 is 0.570 bits per heavy atom. The maximum atomic E-state index is 12.9. The molecule has 7 aliphatic rings. The normalized spacial score (nSPS) is 15.0. The molecular weight excluding hydrogens is 2010 g/mol. The summed E-state index contributed by atoms with van der Waals surface area (Å²) in [4.78, 5) is 133. The van der Waals surface area contributed by atoms with Gasteiger partial charge in [0.25, 0.3) is 0 Å². The quantitative estimate of drug-likeness (QED) is 0.0202. The summed E-state index contributed by atoms with van der Waals surface area (Å²) in [6.07, 6.45) is 16.6. The molecule has 0 saturated carbocycles. The minimum atomic E-state index is -1.60. The lowest BCUT2D eigenvalue weighted by Crippen LogP contribution is -2.47. The number of halogens is 7. The van der Waals surface area contributed by atoms with E-state index in [1.165, 1.54) is 12.1 Å². The van der Waals surface area contributed by atoms with Crippen LogP contribution in [0.3, 0.4) is 0 Å². The zero-order valence-corrected chi connectivity index (χ0v) is 84.7. The topological polar surface area (TPSA) is 394 Å². The molecule has 43 heteroatoms. The van der Waals surface area contributed by atoms with Gasteiger partial charge in [0.05, 0.1) is 151 Å². The highest BCUT2D eigenvalue weighted by Crippen LogP contribution is 2.32. The van der Waals surface area contributed by atoms with E-state index < -0.39 is 45.6 Å². The van der Waals surface area contributed by atoms with Gasteiger partial charge in [-0.1, -0.05) is 115 Å². The van der Waals surface area contributed by atoms with Crippen LogP contribution < -0.4 is 20.3 Å². The molecule has 752 valence electrons. The van der Waals surface area contributed by atoms with Crippen LogP contribution in [0.4, 0.5) is 43.7 Å². The minimum Gasteiger partial charge on any atom is -0.444 e. The number of H-pyrrole nitrogens is 1. The zero-order valence-electron chi connectivity index (χ0n) is 80.3. The highest BCUT2D eigenvalue weighted by atomic mass is 127. The summed E-state index contributed by atoms with van der Waals surface area (Å²) in [7, 11) is 0. The number of amides is 8. The van der Waals surface area contributed by atoms with E-state index in [2.05, 4.69) is 78.9 Å². The maximum absolute atomic E-state index is 12.9. The van der Waals surface area contributed by atoms with Gasteiger partial charge in [0.1, 0.15) is 48.1 Å². The van der Waals surface area contributed by atoms with E-state index in [1.54, 1.807) is 100 Å². The van der Waals surface area contributed by atoms with Crippen LogP contribution in [0.25, 0.3) is 0 Å². The number of nitrogens with zero attached hydrogens (tertiary/aromatic N) is 19. The predicted molar refractivity (Wildman–Crippen MR) is 536 cm³/mol. The molecule has 3 N–H and O–H groups in total. The number of aromatic nitrogens is 12. The van der Waals surface area contributed by atoms with Gasteiger partial charge >= 0.3 is 24.4 Å². The fourth-order valence-corrected chi connectivity index (χ4v) is 14.9. The number of benzene rings is 5. The predicted octanol–water partition coefficient (Wildman–Crippen LogP) is 15.8. The summed E-state index contributed by atoms with van der Waals surface area (Å²) in [5, 5.41) is 32.1. The average Bonchev–Trinajstić information content (AvgIpc) is 1.61. The first kappa shape index (κ1) is 110. The van der Waals surface area contributed by atoms with E-state index in [4.69, 9.17) is 53.8 Å². The Kier molecular flexibility index (Phi) is 41.0. The van der Waals surface area contributed by atoms with Gasteiger partial charge in [-0.3, -0.25) is 87.3 Å². The van der Waals surface area contributed by atoms with Gasteiger partial charge in [0, 0.05) is 69.3 Å². The number of hydrogen-bond donors (Lipinski definition) is 3. The highest BCUT2D eigenvalue weighted by molar-refractivity contribution is 14.1. The molecule has 13 heterocycles. The van der Waals surface area contributed by atoms with Crippen molar-refractivity contribution in [3.8, 4) is 5.75 Å². The number of aromatic amines is 1. The van der Waals surface area contributed by atoms with Crippen molar-refractivity contribution in [3.63, 3.8) is 0 Å². The van der Waals surface area contributed by atoms with Crippen molar-refractivity contribution in [1.82, 2.24) is 88.9 Å². The van der Waals surface area contributed by atoms with Gasteiger partial charge in [-0.15, -0.1) is 23.2 Å². The fourth-order valence-electron chi connectivity index (χ4n) is 14.1. The molecule has 8 amide bonds. The van der Waals surface area contributed by atoms with Crippen LogP contribution in [-0.2, 0) is 135 Å². The van der Waals surface area contributed by atoms with Gasteiger partial charge in [-0.2, -0.15) is 30.6 Å². The van der Waals surface area contributed by atoms with Crippen molar-refractivity contribution in [2.24, 2.45) is 9.98 Å². The van der Waals surface area contributed by atoms with Gasteiger partial charge in [-0.05, 0) is 181 Å². The lowest BCUT2D eigenvalue weighted by molar-refractivity contribution is -0.135. The molecule has 142 heavy (non-hydrogen) atoms. The van der Waals surface area contributed by atoms with E-state index in [0.717, 1.165) is 78.5 Å². The molecule has 0 saturated heterocycles. The molecule has 0 bridgehead atoms. The number of ether oxygens (including phenoxy) is 4. The van der Waals surface area contributed by atoms with E-state index in [9.17, 15) is 61.1 Å². The molecule has 0 aliphatic carbocycles. The standard InChI is InChI=1S/C18H24N6O3.C16H21N3O2.C14H15ClN2O.C13H8F3NO2.C13H13N3O.C12H18IN3O2.C6H7N3O.C5H5NO.C2H2Cl2O/c1-12-8-24-15(10-21(12)17(26)27-18(2,3)4)14(7-20-24)22-9-13-5-6-19-23(13)11-16(22)25;1-16(2,3)21-15(20)19(12-14-9-10-17-18-14)11-13-7-5-4-6-8-13;15-8-14(18)17(11-13-6-7-16-9-13)10-12-4-2-1-3-5-12;14-10-6-8(7-11(15)12(10)16)17-13(18)19-9-4-2-1-3-5-9;17-13-10-16-12(6-7-14-16)9-15(13)8-11-4-2-1-3-5-11;1-8-6-16-10(9(13)5-14-16)7-15(8)11(17)18-12(2,3)4;10-6-4-9-5(3-7-6)1-2-8-9;7-4-5-2-1-3-6-5;3-1-2(4)5/h5-7,12H,8-11H2,1-4H3;4-10H,11-12H2,1-3H3,(H,17,18);1-7H,8-11H2;1-7H,(H,17,18);1-7H,8-10H2;5,8H,6-7H2,1-4H3;1-2H,3-4H2,(H,7,10);1-2,4H,3H2;1H2/t12-;;;;;8-;;;/m0....0.../s1. The second-order valence-corrected chi connectivity index (χ2v) is 37.7. The number of hydrogen-bond acceptors (Lipinski definition) is 22. The third-order valence-electron chi connectivity index (χ3n) is 20.9. The second-order valence-electron chi connectivity index (χ2n) is 35.6. The van der Waals surface area contributed by atoms with Crippen molar-refractivity contribution < 1.29 is 80.1 Å². The molecule has 7 aliphatic heterocycles. The molecule has 0 radical (unpaired) electrons. The van der Waals surface area contributed by atoms with Gasteiger partial charge in [0.2, 0.25) is 28.9 Å². The number of anilines is 2. The summed E-state index contributed by atoms with van der Waals surface area (Å²) >= 11 is 17.4. The molecule has 0 spiro atoms. The maximum Gasteiger partial charge on any atom is 0.417 e. The molecule has 5 aromatic carbocycles. The van der Waals surface area contributed by atoms with Gasteiger partial charge in [0.15, 0.2) is 23.7 Å². The van der Waals surface area contributed by atoms with Crippen molar-refractivity contribution in [2.75, 3.05) is 41.6 Å². The van der Waals surface area contributed by atoms with E-state index in [1.807, 2.05) is 224 Å². The van der Waals surface area contributed by atoms with Crippen LogP contribution in [0.1, 0.15) is 127 Å². The van der Waals surface area contributed by atoms with Crippen LogP contribution in [0, 0.1) is 21.0 Å². The first-order valence-corrected chi connectivity index (χ1v) is 47.5. The monoisotopic (exact) mass is 2120 g/mol. The number of nitrogens with one attached hydrogen (secondary N) is 3. The highest BCUT2D eigenvalue weighted by Gasteiger charge is 2.37. The number of rotatable bonds is 16. The van der Waals surface area contributed by atoms with Crippen molar-refractivity contribution >= 4 is 140 Å². The summed E-state index contributed by atoms with van der Waals surface area (Å²) in [5.74, 6) is -4.11. The summed E-state index contributed by atoms with van der Waals surface area (Å²) in [6, 6.07) is 46.9. The van der Waals surface area contributed by atoms with Crippen molar-refractivity contribution in [2.45, 2.75) is 197 Å². The Hall–Kier alpha value is -14.1. The lowest BCUT2D eigenvalue weighted by Gasteiger charge is -2.36. The first-order valence-electron chi connectivity index (χ1n) is 45.0. The van der Waals surface area contributed by atoms with Crippen LogP contribution in [0.15, 0.2) is 229 Å². The fraction of sp³-hybridized carbons (Fsp3) is 0.354. The number of alkyl halides is 2. The summed E-state index contributed by atoms with van der Waals surface area (Å²) in [6.45, 7) is 29.8. The van der Waals surface area contributed by atoms with E-state index in [-0.39, 0.29) is 83.7 Å². The van der Waals surface area contributed by atoms with Crippen LogP contribution >= 0.6 is 57.4 Å². The number of carbonyl (C=O) groups is 10. The Morgan fingerprint density at radius 3 is 1.59 bits per heavy atom. The number of aldehydes is 1. The molecular formula is C99H113Cl3F3IN22O14. The summed E-state index contributed by atoms with van der Waals surface area (Å²) < 4.78 is 69.9. The Morgan fingerprint density at radius 2 is 1.08 bits per heavy atom. The third-order valence-corrected chi connectivity index (χ3v) is 22.5. The van der Waals surface area contributed by atoms with Gasteiger partial charge < -0.3 is 39.0 Å². The van der Waals surface area contributed by atoms with Crippen LogP contribution in [-0.4, -0.2) is 215 Å². The third kappa shape index (κ3) is 35.0. The number of fused-ring (bicyclic) bond motifs is 5. The number of allylic oxidation sites excluding steroid dienone is 2. The van der Waals surface area contributed by atoms with E-state index >= 15 is 0 Å². The second kappa shape index (κ2) is 52.9. The van der Waals surface area contributed by atoms with Crippen LogP contribution in [0.2, 0.25) is 0 Å². The number of aliphatic imine (C=N–C) groups is 2. The Balaban J connectivity index is 0.000000169. The molecule has 0 unspecified atom stereocenters. The number of para-hydroxylation sites is 1.